The Hall–Kier alpha value is -3.08. The minimum atomic E-state index is -1.17. The quantitative estimate of drug-likeness (QED) is 0.557. The molecule has 1 aliphatic heterocycles. The number of nitrogens with zero attached hydrogens (tertiary/aromatic N) is 2. The van der Waals surface area contributed by atoms with E-state index in [1.807, 2.05) is 60.7 Å². The van der Waals surface area contributed by atoms with E-state index in [1.165, 1.54) is 0 Å². The van der Waals surface area contributed by atoms with Crippen LogP contribution in [0.3, 0.4) is 0 Å². The third-order valence-electron chi connectivity index (χ3n) is 5.15. The summed E-state index contributed by atoms with van der Waals surface area (Å²) in [5, 5.41) is 12.5. The van der Waals surface area contributed by atoms with Crippen molar-refractivity contribution in [3.63, 3.8) is 0 Å². The highest BCUT2D eigenvalue weighted by Gasteiger charge is 2.18. The van der Waals surface area contributed by atoms with Gasteiger partial charge in [0.05, 0.1) is 28.3 Å². The smallest absolute Gasteiger partial charge is 0.0718 e. The van der Waals surface area contributed by atoms with Gasteiger partial charge in [0.15, 0.2) is 0 Å². The van der Waals surface area contributed by atoms with E-state index in [1.54, 1.807) is 18.2 Å². The zero-order chi connectivity index (χ0) is 21.8. The molecule has 0 fully saturated rings. The molecule has 6 heteroatoms. The molecule has 0 amide bonds. The minimum Gasteiger partial charge on any atom is -0.545 e. The molecule has 0 atom stereocenters. The molecule has 0 N–H and O–H groups in total. The summed E-state index contributed by atoms with van der Waals surface area (Å²) in [6, 6.07) is 20.4. The Morgan fingerprint density at radius 3 is 2.58 bits per heavy atom. The number of allylic oxidation sites excluding steroid dienone is 1. The first-order valence-corrected chi connectivity index (χ1v) is 10.6. The van der Waals surface area contributed by atoms with Crippen LogP contribution in [-0.2, 0) is 6.54 Å². The fourth-order valence-corrected chi connectivity index (χ4v) is 3.93. The van der Waals surface area contributed by atoms with E-state index >= 15 is 0 Å². The number of benzodiazepines with no additional fused rings is 1. The molecule has 0 spiro atoms. The molecule has 0 aromatic heterocycles. The maximum absolute atomic E-state index is 11.5. The molecule has 3 aromatic carbocycles. The van der Waals surface area contributed by atoms with E-state index in [-0.39, 0.29) is 5.56 Å². The summed E-state index contributed by atoms with van der Waals surface area (Å²) in [4.78, 5) is 18.4. The summed E-state index contributed by atoms with van der Waals surface area (Å²) in [5.74, 6) is -1.17. The largest absolute Gasteiger partial charge is 0.545 e. The van der Waals surface area contributed by atoms with Crippen molar-refractivity contribution in [3.8, 4) is 0 Å². The van der Waals surface area contributed by atoms with Crippen LogP contribution in [0.1, 0.15) is 27.0 Å². The Kier molecular flexibility index (Phi) is 6.40. The van der Waals surface area contributed by atoms with E-state index in [0.29, 0.717) is 35.2 Å². The minimum absolute atomic E-state index is 0.213. The first kappa shape index (κ1) is 21.2. The van der Waals surface area contributed by atoms with Crippen molar-refractivity contribution >= 4 is 46.6 Å². The Bertz CT molecular complexity index is 1190. The van der Waals surface area contributed by atoms with Crippen LogP contribution in [0.5, 0.6) is 0 Å². The summed E-state index contributed by atoms with van der Waals surface area (Å²) in [6.45, 7) is 1.71. The van der Waals surface area contributed by atoms with Gasteiger partial charge in [0.25, 0.3) is 0 Å². The normalized spacial score (nSPS) is 13.6. The van der Waals surface area contributed by atoms with Gasteiger partial charge in [0.2, 0.25) is 0 Å². The highest BCUT2D eigenvalue weighted by Crippen LogP contribution is 2.27. The van der Waals surface area contributed by atoms with Crippen LogP contribution in [0.2, 0.25) is 10.0 Å². The number of rotatable bonds is 5. The maximum Gasteiger partial charge on any atom is 0.0718 e. The van der Waals surface area contributed by atoms with Gasteiger partial charge < -0.3 is 14.8 Å². The lowest BCUT2D eigenvalue weighted by Gasteiger charge is -2.26. The molecule has 4 nitrogen and oxygen atoms in total. The summed E-state index contributed by atoms with van der Waals surface area (Å²) < 4.78 is 0. The van der Waals surface area contributed by atoms with Gasteiger partial charge >= 0.3 is 0 Å². The van der Waals surface area contributed by atoms with Crippen molar-refractivity contribution in [1.82, 2.24) is 0 Å². The standard InChI is InChI=1S/C25H20Cl2N2O2/c26-21-11-9-17(15-22(21)27)10-12-23-20-7-3-4-8-24(20)29(14-13-28-23)16-18-5-1-2-6-19(18)25(30)31/h1-12,15H,13-14,16H2,(H,30,31)/p-1/b12-10+. The molecule has 156 valence electrons. The topological polar surface area (TPSA) is 55.7 Å². The van der Waals surface area contributed by atoms with Gasteiger partial charge in [-0.1, -0.05) is 77.8 Å². The number of carboxylic acids is 1. The average molecular weight is 450 g/mol. The number of carbonyl (C=O) groups is 1. The van der Waals surface area contributed by atoms with Crippen LogP contribution in [-0.4, -0.2) is 24.8 Å². The van der Waals surface area contributed by atoms with E-state index in [0.717, 1.165) is 22.5 Å². The third kappa shape index (κ3) is 4.82. The van der Waals surface area contributed by atoms with Crippen molar-refractivity contribution in [2.45, 2.75) is 6.54 Å². The highest BCUT2D eigenvalue weighted by atomic mass is 35.5. The number of carboxylic acid groups (broad SMARTS) is 1. The van der Waals surface area contributed by atoms with Crippen LogP contribution in [0.15, 0.2) is 77.8 Å². The summed E-state index contributed by atoms with van der Waals surface area (Å²) in [5.41, 5.74) is 4.71. The van der Waals surface area contributed by atoms with Crippen LogP contribution in [0, 0.1) is 0 Å². The Labute approximate surface area is 191 Å². The zero-order valence-corrected chi connectivity index (χ0v) is 18.1. The fraction of sp³-hybridized carbons (Fsp3) is 0.120. The van der Waals surface area contributed by atoms with E-state index in [4.69, 9.17) is 28.2 Å². The first-order valence-electron chi connectivity index (χ1n) is 9.84. The molecule has 0 aliphatic carbocycles. The van der Waals surface area contributed by atoms with Gasteiger partial charge in [-0.25, -0.2) is 0 Å². The summed E-state index contributed by atoms with van der Waals surface area (Å²) in [7, 11) is 0. The summed E-state index contributed by atoms with van der Waals surface area (Å²) in [6.07, 6.45) is 3.93. The van der Waals surface area contributed by atoms with Crippen LogP contribution < -0.4 is 10.0 Å². The SMILES string of the molecule is O=C([O-])c1ccccc1CN1CCN=C(/C=C/c2ccc(Cl)c(Cl)c2)c2ccccc21. The second-order valence-electron chi connectivity index (χ2n) is 7.16. The Morgan fingerprint density at radius 2 is 1.77 bits per heavy atom. The summed E-state index contributed by atoms with van der Waals surface area (Å²) >= 11 is 12.1. The lowest BCUT2D eigenvalue weighted by molar-refractivity contribution is -0.255. The monoisotopic (exact) mass is 449 g/mol. The fourth-order valence-electron chi connectivity index (χ4n) is 3.62. The molecule has 4 rings (SSSR count). The van der Waals surface area contributed by atoms with Crippen molar-refractivity contribution in [3.05, 3.63) is 105 Å². The van der Waals surface area contributed by atoms with Gasteiger partial charge in [-0.05, 0) is 35.4 Å². The van der Waals surface area contributed by atoms with Crippen molar-refractivity contribution in [2.24, 2.45) is 4.99 Å². The molecule has 31 heavy (non-hydrogen) atoms. The number of fused-ring (bicyclic) bond motifs is 1. The van der Waals surface area contributed by atoms with Gasteiger partial charge in [-0.3, -0.25) is 4.99 Å². The van der Waals surface area contributed by atoms with Crippen LogP contribution >= 0.6 is 23.2 Å². The predicted octanol–water partition coefficient (Wildman–Crippen LogP) is 4.88. The Morgan fingerprint density at radius 1 is 1.00 bits per heavy atom. The second kappa shape index (κ2) is 9.38. The molecule has 0 bridgehead atoms. The Balaban J connectivity index is 1.65. The molecule has 3 aromatic rings. The van der Waals surface area contributed by atoms with Gasteiger partial charge in [0, 0.05) is 29.9 Å². The molecule has 0 saturated carbocycles. The average Bonchev–Trinajstić information content (AvgIpc) is 2.94. The third-order valence-corrected chi connectivity index (χ3v) is 5.89. The van der Waals surface area contributed by atoms with E-state index in [2.05, 4.69) is 4.90 Å². The molecular formula is C25H19Cl2N2O2-. The van der Waals surface area contributed by atoms with Crippen molar-refractivity contribution in [1.29, 1.82) is 0 Å². The number of carbonyl (C=O) groups excluding carboxylic acids is 1. The molecule has 1 heterocycles. The number of aliphatic imine (C=N–C) groups is 1. The lowest BCUT2D eigenvalue weighted by atomic mass is 10.0. The van der Waals surface area contributed by atoms with Crippen LogP contribution in [0.4, 0.5) is 5.69 Å². The van der Waals surface area contributed by atoms with Gasteiger partial charge in [-0.2, -0.15) is 0 Å². The molecule has 0 unspecified atom stereocenters. The maximum atomic E-state index is 11.5. The second-order valence-corrected chi connectivity index (χ2v) is 7.97. The number of halogens is 2. The highest BCUT2D eigenvalue weighted by molar-refractivity contribution is 6.42. The number of anilines is 1. The molecular weight excluding hydrogens is 431 g/mol. The number of hydrogen-bond donors (Lipinski definition) is 0. The zero-order valence-electron chi connectivity index (χ0n) is 16.6. The number of hydrogen-bond acceptors (Lipinski definition) is 4. The first-order chi connectivity index (χ1) is 15.0. The molecule has 0 radical (unpaired) electrons. The number of aromatic carboxylic acids is 1. The number of para-hydroxylation sites is 1. The predicted molar refractivity (Wildman–Crippen MR) is 125 cm³/mol. The molecule has 1 aliphatic rings. The van der Waals surface area contributed by atoms with Gasteiger partial charge in [0.1, 0.15) is 0 Å². The van der Waals surface area contributed by atoms with Crippen LogP contribution in [0.25, 0.3) is 6.08 Å². The van der Waals surface area contributed by atoms with Crippen molar-refractivity contribution in [2.75, 3.05) is 18.0 Å². The van der Waals surface area contributed by atoms with Gasteiger partial charge in [-0.15, -0.1) is 0 Å². The number of benzene rings is 3. The lowest BCUT2D eigenvalue weighted by Crippen LogP contribution is -2.29. The van der Waals surface area contributed by atoms with E-state index in [9.17, 15) is 9.90 Å². The van der Waals surface area contributed by atoms with Crippen molar-refractivity contribution < 1.29 is 9.90 Å². The molecule has 0 saturated heterocycles. The van der Waals surface area contributed by atoms with E-state index < -0.39 is 5.97 Å².